The molecular formula is C118H92BCl2IN8O6P2PdS4. The van der Waals surface area contributed by atoms with Crippen molar-refractivity contribution in [2.45, 2.75) is 40.5 Å². The van der Waals surface area contributed by atoms with Crippen LogP contribution >= 0.6 is 81.0 Å². The zero-order valence-corrected chi connectivity index (χ0v) is 86.9. The minimum Gasteiger partial charge on any atom is -0.0622 e. The molecule has 14 nitrogen and oxygen atoms in total. The Labute approximate surface area is 874 Å². The van der Waals surface area contributed by atoms with Crippen LogP contribution in [0.25, 0.3) is 33.2 Å². The number of benzene rings is 16. The molecule has 0 atom stereocenters. The number of pyridine rings is 2. The summed E-state index contributed by atoms with van der Waals surface area (Å²) in [6, 6.07) is 167. The van der Waals surface area contributed by atoms with Gasteiger partial charge in [-0.25, -0.2) is 34.7 Å². The largest absolute Gasteiger partial charge is 0.0622 e. The molecule has 708 valence electrons. The molecule has 0 saturated heterocycles. The van der Waals surface area contributed by atoms with Crippen molar-refractivity contribution in [3.05, 3.63) is 584 Å². The molecule has 0 bridgehead atoms. The van der Waals surface area contributed by atoms with Crippen molar-refractivity contribution in [3.8, 4) is 11.1 Å². The van der Waals surface area contributed by atoms with Crippen molar-refractivity contribution in [1.29, 1.82) is 0 Å². The van der Waals surface area contributed by atoms with Crippen LogP contribution in [0.3, 0.4) is 0 Å². The zero-order chi connectivity index (χ0) is 98.6. The summed E-state index contributed by atoms with van der Waals surface area (Å²) in [6.45, 7) is 0. The summed E-state index contributed by atoms with van der Waals surface area (Å²) >= 11 is 5.22. The fraction of sp³-hybridized carbons (Fsp3) is 0.0169. The van der Waals surface area contributed by atoms with E-state index in [1.807, 2.05) is 204 Å². The molecule has 16 aromatic carbocycles. The molecule has 0 aliphatic rings. The maximum absolute atomic E-state index is 14.1. The second-order valence-corrected chi connectivity index (χ2v) is 46.2. The van der Waals surface area contributed by atoms with Gasteiger partial charge >= 0.3 is 42.1 Å². The maximum atomic E-state index is 14.1. The number of hydrogen-bond acceptors (Lipinski definition) is 12. The van der Waals surface area contributed by atoms with Gasteiger partial charge in [0.25, 0.3) is 20.0 Å². The summed E-state index contributed by atoms with van der Waals surface area (Å²) in [5, 5.41) is 38.7. The van der Waals surface area contributed by atoms with Crippen molar-refractivity contribution in [2.24, 2.45) is 0 Å². The van der Waals surface area contributed by atoms with Crippen molar-refractivity contribution < 1.29 is 42.8 Å². The van der Waals surface area contributed by atoms with Gasteiger partial charge in [0.15, 0.2) is 11.3 Å². The fourth-order valence-corrected chi connectivity index (χ4v) is 26.8. The molecule has 0 saturated carbocycles. The summed E-state index contributed by atoms with van der Waals surface area (Å²) in [4.78, 5) is 13.7. The molecule has 6 heterocycles. The zero-order valence-electron chi connectivity index (χ0n) is 76.6. The van der Waals surface area contributed by atoms with Crippen LogP contribution in [0.2, 0.25) is 0 Å². The maximum Gasteiger partial charge on any atom is -0.0134 e. The molecule has 0 spiro atoms. The van der Waals surface area contributed by atoms with E-state index in [1.54, 1.807) is 115 Å². The molecule has 22 rings (SSSR count). The molecule has 22 aromatic rings. The van der Waals surface area contributed by atoms with Gasteiger partial charge in [-0.1, -0.05) is 460 Å². The first kappa shape index (κ1) is 101. The Morgan fingerprint density at radius 3 is 0.832 bits per heavy atom. The predicted molar refractivity (Wildman–Crippen MR) is 596 cm³/mol. The Hall–Kier alpha value is -13.3. The third kappa shape index (κ3) is 23.8. The Morgan fingerprint density at radius 2 is 0.545 bits per heavy atom. The molecule has 0 radical (unpaired) electrons. The Kier molecular flexibility index (Phi) is 34.8. The van der Waals surface area contributed by atoms with Crippen LogP contribution in [0.1, 0.15) is 33.4 Å². The predicted octanol–water partition coefficient (Wildman–Crippen LogP) is 24.8. The summed E-state index contributed by atoms with van der Waals surface area (Å²) in [5.41, 5.74) is 7.29. The summed E-state index contributed by atoms with van der Waals surface area (Å²) < 4.78 is 61.3. The van der Waals surface area contributed by atoms with Gasteiger partial charge in [-0.3, -0.25) is 9.36 Å². The third-order valence-electron chi connectivity index (χ3n) is 23.4. The molecule has 0 fully saturated rings. The van der Waals surface area contributed by atoms with E-state index in [0.717, 1.165) is 67.5 Å². The Balaban J connectivity index is 0.000000129. The van der Waals surface area contributed by atoms with Gasteiger partial charge in [0.05, 0.1) is 16.0 Å². The molecule has 25 heteroatoms. The van der Waals surface area contributed by atoms with Crippen molar-refractivity contribution >= 4 is 168 Å². The van der Waals surface area contributed by atoms with Crippen LogP contribution in [0, 0.1) is 3.57 Å². The van der Waals surface area contributed by atoms with E-state index in [1.165, 1.54) is 46.0 Å². The number of halogens is 3. The van der Waals surface area contributed by atoms with Gasteiger partial charge in [0, 0.05) is 93.9 Å². The minimum atomic E-state index is -3.95. The van der Waals surface area contributed by atoms with Gasteiger partial charge < -0.3 is 10.0 Å². The monoisotopic (exact) mass is 2220 g/mol. The van der Waals surface area contributed by atoms with E-state index < -0.39 is 54.1 Å². The number of fused-ring (bicyclic) bond motifs is 2. The second kappa shape index (κ2) is 49.1. The molecular weight excluding hydrogens is 2130 g/mol. The van der Waals surface area contributed by atoms with Gasteiger partial charge in [0.2, 0.25) is 0 Å². The Morgan fingerprint density at radius 1 is 0.301 bits per heavy atom. The fourth-order valence-electron chi connectivity index (χ4n) is 17.0. The van der Waals surface area contributed by atoms with E-state index in [-0.39, 0.29) is 25.7 Å². The Bertz CT molecular complexity index is 7520. The molecule has 0 aliphatic carbocycles. The molecule has 0 amide bonds. The average Bonchev–Trinajstić information content (AvgIpc) is 1.67. The van der Waals surface area contributed by atoms with Crippen LogP contribution in [-0.4, -0.2) is 71.5 Å². The molecule has 2 N–H and O–H groups in total. The standard InChI is InChI=1S/C41H30N4O2S2.C22H19BN2O2.C19H13IN2O2S2.2C18H15P.2ClH.Pd/c46-49(47,37-24-14-5-15-25-37)44-30-39(38-26-36(28-42-40(38)44)48-35-22-12-4-13-23-35)31-27-43-45(29-31)41(32-16-6-1-7-17-32,33-18-8-2-9-19-33)34-20-10-3-11-21-34;26-23(27)21-16-24-25(17-21)22(18-10-4-1-5-11-18,19-12-6-2-7-13-19)20-14-8-3-9-15-20;20-18-13-22(26(23,24)16-9-5-2-6-10-16)19-17(18)11-15(12-21-19)25-14-7-3-1-4-8-14;2*1-4-10-16(11-5-1)19(17-12-6-2-7-13-17)18-14-8-3-9-15-18;;;/h1-30H;1-17,26-27H;1-13H;2*1-15H;2*1H;/q;;;;;;;+2/p-2. The van der Waals surface area contributed by atoms with Crippen molar-refractivity contribution in [1.82, 2.24) is 37.5 Å². The van der Waals surface area contributed by atoms with Crippen molar-refractivity contribution in [3.63, 3.8) is 0 Å². The quantitative estimate of drug-likeness (QED) is 0.0253. The minimum absolute atomic E-state index is 0.106. The molecule has 6 aromatic heterocycles. The first-order valence-electron chi connectivity index (χ1n) is 45.4. The third-order valence-corrected chi connectivity index (χ3v) is 34.4. The summed E-state index contributed by atoms with van der Waals surface area (Å²) in [7, 11) is -0.464. The number of nitrogens with zero attached hydrogens (tertiary/aromatic N) is 8. The van der Waals surface area contributed by atoms with E-state index in [4.69, 9.17) is 29.1 Å². The number of hydrogen-bond donors (Lipinski definition) is 2. The van der Waals surface area contributed by atoms with Gasteiger partial charge in [-0.2, -0.15) is 10.2 Å². The van der Waals surface area contributed by atoms with Crippen molar-refractivity contribution in [2.75, 3.05) is 0 Å². The molecule has 143 heavy (non-hydrogen) atoms. The summed E-state index contributed by atoms with van der Waals surface area (Å²) in [5.74, 6) is 0. The van der Waals surface area contributed by atoms with Crippen LogP contribution in [-0.2, 0) is 47.1 Å². The first-order valence-corrected chi connectivity index (χ1v) is 57.7. The van der Waals surface area contributed by atoms with Gasteiger partial charge in [0.1, 0.15) is 11.1 Å². The average molecular weight is 2220 g/mol. The normalized spacial score (nSPS) is 11.3. The number of rotatable bonds is 24. The summed E-state index contributed by atoms with van der Waals surface area (Å²) in [6.07, 6.45) is 13.8. The van der Waals surface area contributed by atoms with E-state index in [9.17, 15) is 26.9 Å². The van der Waals surface area contributed by atoms with E-state index in [0.29, 0.717) is 27.7 Å². The van der Waals surface area contributed by atoms with Crippen LogP contribution < -0.4 is 37.3 Å². The second-order valence-electron chi connectivity index (χ2n) is 32.3. The topological polar surface area (TPSA) is 180 Å². The van der Waals surface area contributed by atoms with Crippen LogP contribution in [0.5, 0.6) is 0 Å². The van der Waals surface area contributed by atoms with Crippen LogP contribution in [0.4, 0.5) is 0 Å². The van der Waals surface area contributed by atoms with Gasteiger partial charge in [-0.05, 0) is 164 Å². The first-order chi connectivity index (χ1) is 70.1. The molecule has 0 aliphatic heterocycles. The molecule has 0 unspecified atom stereocenters. The van der Waals surface area contributed by atoms with E-state index in [2.05, 4.69) is 287 Å². The van der Waals surface area contributed by atoms with Crippen LogP contribution in [0.15, 0.2) is 576 Å². The van der Waals surface area contributed by atoms with Gasteiger partial charge in [-0.15, -0.1) is 0 Å². The number of aromatic nitrogens is 8. The van der Waals surface area contributed by atoms with E-state index >= 15 is 0 Å². The smallest absolute Gasteiger partial charge is 0.0134 e. The SMILES string of the molecule is O=S(=O)(c1ccccc1)n1cc(-c2cnn(C(c3ccccc3)(c3ccccc3)c3ccccc3)c2)c2cc(Sc3ccccc3)cnc21.O=S(=O)(c1ccccc1)n1cc(I)c2cc(Sc3ccccc3)cnc21.OB(O)c1cnn(C(c2ccccc2)(c2ccccc2)c2ccccc2)c1.[Cl][Pd][Cl].c1ccc(P(c2ccccc2)c2ccccc2)cc1.c1ccc(P(c2ccccc2)c2ccccc2)cc1.